The molecule has 0 aliphatic carbocycles. The first-order chi connectivity index (χ1) is 12.4. The largest absolute Gasteiger partial charge is 0.480 e. The molecule has 1 atom stereocenters. The van der Waals surface area contributed by atoms with Crippen LogP contribution in [0, 0.1) is 11.6 Å². The molecule has 1 aromatic heterocycles. The minimum absolute atomic E-state index is 0.0121. The Bertz CT molecular complexity index is 776. The van der Waals surface area contributed by atoms with Gasteiger partial charge in [0.2, 0.25) is 5.91 Å². The summed E-state index contributed by atoms with van der Waals surface area (Å²) in [6, 6.07) is 2.17. The average Bonchev–Trinajstić information content (AvgIpc) is 3.05. The molecule has 1 unspecified atom stereocenters. The van der Waals surface area contributed by atoms with Gasteiger partial charge in [-0.3, -0.25) is 4.79 Å². The van der Waals surface area contributed by atoms with Crippen molar-refractivity contribution in [3.05, 3.63) is 41.9 Å². The molecule has 140 valence electrons. The number of oxazole rings is 1. The van der Waals surface area contributed by atoms with Crippen LogP contribution in [-0.4, -0.2) is 28.0 Å². The minimum atomic E-state index is -1.07. The van der Waals surface area contributed by atoms with Crippen molar-refractivity contribution in [1.82, 2.24) is 10.3 Å². The van der Waals surface area contributed by atoms with Gasteiger partial charge in [0.15, 0.2) is 11.7 Å². The maximum atomic E-state index is 13.7. The van der Waals surface area contributed by atoms with Gasteiger partial charge < -0.3 is 14.8 Å². The highest BCUT2D eigenvalue weighted by molar-refractivity contribution is 5.83. The van der Waals surface area contributed by atoms with Crippen molar-refractivity contribution >= 4 is 11.9 Å². The number of carboxylic acid groups (broad SMARTS) is 1. The Morgan fingerprint density at radius 2 is 2.12 bits per heavy atom. The van der Waals surface area contributed by atoms with Crippen LogP contribution in [0.3, 0.4) is 0 Å². The van der Waals surface area contributed by atoms with E-state index in [0.29, 0.717) is 12.8 Å². The number of rotatable bonds is 9. The molecule has 0 aliphatic heterocycles. The molecule has 0 bridgehead atoms. The molecule has 1 amide bonds. The Morgan fingerprint density at radius 1 is 1.35 bits per heavy atom. The lowest BCUT2D eigenvalue weighted by Crippen LogP contribution is -2.40. The highest BCUT2D eigenvalue weighted by Crippen LogP contribution is 2.24. The maximum absolute atomic E-state index is 13.7. The van der Waals surface area contributed by atoms with Gasteiger partial charge in [0.05, 0.1) is 11.8 Å². The third-order valence-corrected chi connectivity index (χ3v) is 3.80. The number of nitrogens with zero attached hydrogens (tertiary/aromatic N) is 1. The Balaban J connectivity index is 1.92. The fourth-order valence-electron chi connectivity index (χ4n) is 2.39. The number of carbonyl (C=O) groups is 2. The van der Waals surface area contributed by atoms with Crippen LogP contribution in [0.2, 0.25) is 0 Å². The lowest BCUT2D eigenvalue weighted by molar-refractivity contribution is -0.142. The molecular formula is C18H20F2N2O4. The number of aryl methyl sites for hydroxylation is 1. The fraction of sp³-hybridized carbons (Fsp3) is 0.389. The van der Waals surface area contributed by atoms with Crippen LogP contribution < -0.4 is 5.32 Å². The van der Waals surface area contributed by atoms with Crippen LogP contribution in [0.25, 0.3) is 11.3 Å². The first-order valence-electron chi connectivity index (χ1n) is 8.33. The van der Waals surface area contributed by atoms with E-state index in [1.807, 2.05) is 6.92 Å². The summed E-state index contributed by atoms with van der Waals surface area (Å²) < 4.78 is 32.1. The molecule has 0 aliphatic rings. The molecular weight excluding hydrogens is 346 g/mol. The zero-order valence-electron chi connectivity index (χ0n) is 14.3. The van der Waals surface area contributed by atoms with Gasteiger partial charge in [-0.15, -0.1) is 0 Å². The van der Waals surface area contributed by atoms with Gasteiger partial charge in [-0.05, 0) is 18.6 Å². The molecule has 2 N–H and O–H groups in total. The number of hydrogen-bond acceptors (Lipinski definition) is 4. The summed E-state index contributed by atoms with van der Waals surface area (Å²) in [7, 11) is 0. The summed E-state index contributed by atoms with van der Waals surface area (Å²) in [6.45, 7) is 1.94. The van der Waals surface area contributed by atoms with Crippen molar-refractivity contribution in [2.24, 2.45) is 0 Å². The van der Waals surface area contributed by atoms with E-state index < -0.39 is 29.6 Å². The lowest BCUT2D eigenvalue weighted by atomic mass is 10.1. The molecule has 0 saturated carbocycles. The van der Waals surface area contributed by atoms with Gasteiger partial charge in [0.25, 0.3) is 0 Å². The second-order valence-electron chi connectivity index (χ2n) is 5.84. The number of nitrogens with one attached hydrogen (secondary N) is 1. The van der Waals surface area contributed by atoms with Gasteiger partial charge in [0, 0.05) is 18.9 Å². The Labute approximate surface area is 149 Å². The fourth-order valence-corrected chi connectivity index (χ4v) is 2.39. The molecule has 26 heavy (non-hydrogen) atoms. The van der Waals surface area contributed by atoms with Crippen LogP contribution in [-0.2, 0) is 16.0 Å². The normalized spacial score (nSPS) is 12.0. The van der Waals surface area contributed by atoms with Gasteiger partial charge in [-0.25, -0.2) is 18.6 Å². The van der Waals surface area contributed by atoms with Crippen molar-refractivity contribution in [2.45, 2.75) is 45.1 Å². The zero-order chi connectivity index (χ0) is 19.1. The number of benzene rings is 1. The van der Waals surface area contributed by atoms with E-state index in [1.54, 1.807) is 0 Å². The van der Waals surface area contributed by atoms with Crippen LogP contribution in [0.5, 0.6) is 0 Å². The molecule has 0 spiro atoms. The number of carboxylic acids is 1. The quantitative estimate of drug-likeness (QED) is 0.710. The Kier molecular flexibility index (Phi) is 6.82. The van der Waals surface area contributed by atoms with E-state index in [-0.39, 0.29) is 30.1 Å². The van der Waals surface area contributed by atoms with E-state index in [2.05, 4.69) is 10.3 Å². The first-order valence-corrected chi connectivity index (χ1v) is 8.33. The van der Waals surface area contributed by atoms with Crippen molar-refractivity contribution in [3.8, 4) is 11.3 Å². The number of aromatic nitrogens is 1. The summed E-state index contributed by atoms with van der Waals surface area (Å²) in [5.74, 6) is -2.63. The van der Waals surface area contributed by atoms with Crippen molar-refractivity contribution < 1.29 is 27.9 Å². The summed E-state index contributed by atoms with van der Waals surface area (Å²) in [4.78, 5) is 27.0. The van der Waals surface area contributed by atoms with Crippen LogP contribution in [0.1, 0.15) is 38.5 Å². The third-order valence-electron chi connectivity index (χ3n) is 3.80. The molecule has 1 heterocycles. The van der Waals surface area contributed by atoms with Crippen LogP contribution in [0.15, 0.2) is 28.8 Å². The number of unbranched alkanes of at least 4 members (excludes halogenated alkanes) is 1. The minimum Gasteiger partial charge on any atom is -0.480 e. The SMILES string of the molecule is CCCCC(NC(=O)CCc1ncc(-c2ccc(F)cc2F)o1)C(=O)O. The molecule has 0 fully saturated rings. The van der Waals surface area contributed by atoms with E-state index in [4.69, 9.17) is 9.52 Å². The highest BCUT2D eigenvalue weighted by Gasteiger charge is 2.19. The summed E-state index contributed by atoms with van der Waals surface area (Å²) in [6.07, 6.45) is 3.31. The van der Waals surface area contributed by atoms with Gasteiger partial charge in [-0.1, -0.05) is 19.8 Å². The number of carbonyl (C=O) groups excluding carboxylic acids is 1. The van der Waals surface area contributed by atoms with Gasteiger partial charge in [-0.2, -0.15) is 0 Å². The second-order valence-corrected chi connectivity index (χ2v) is 5.84. The molecule has 8 heteroatoms. The van der Waals surface area contributed by atoms with Crippen molar-refractivity contribution in [3.63, 3.8) is 0 Å². The molecule has 6 nitrogen and oxygen atoms in total. The number of amides is 1. The third kappa shape index (κ3) is 5.37. The smallest absolute Gasteiger partial charge is 0.326 e. The van der Waals surface area contributed by atoms with E-state index in [1.165, 1.54) is 12.3 Å². The molecule has 0 saturated heterocycles. The first kappa shape index (κ1) is 19.6. The average molecular weight is 366 g/mol. The predicted octanol–water partition coefficient (Wildman–Crippen LogP) is 3.31. The zero-order valence-corrected chi connectivity index (χ0v) is 14.3. The molecule has 1 aromatic carbocycles. The van der Waals surface area contributed by atoms with Crippen molar-refractivity contribution in [1.29, 1.82) is 0 Å². The predicted molar refractivity (Wildman–Crippen MR) is 89.3 cm³/mol. The van der Waals surface area contributed by atoms with Gasteiger partial charge >= 0.3 is 5.97 Å². The molecule has 2 aromatic rings. The molecule has 2 rings (SSSR count). The molecule has 0 radical (unpaired) electrons. The lowest BCUT2D eigenvalue weighted by Gasteiger charge is -2.13. The second kappa shape index (κ2) is 9.07. The van der Waals surface area contributed by atoms with E-state index in [9.17, 15) is 18.4 Å². The van der Waals surface area contributed by atoms with E-state index >= 15 is 0 Å². The Hall–Kier alpha value is -2.77. The summed E-state index contributed by atoms with van der Waals surface area (Å²) in [5, 5.41) is 11.6. The number of halogens is 2. The highest BCUT2D eigenvalue weighted by atomic mass is 19.1. The number of hydrogen-bond donors (Lipinski definition) is 2. The standard InChI is InChI=1S/C18H20F2N2O4/c1-2-3-4-14(18(24)25)22-16(23)7-8-17-21-10-15(26-17)12-6-5-11(19)9-13(12)20/h5-6,9-10,14H,2-4,7-8H2,1H3,(H,22,23)(H,24,25). The summed E-state index contributed by atoms with van der Waals surface area (Å²) >= 11 is 0. The van der Waals surface area contributed by atoms with Crippen molar-refractivity contribution in [2.75, 3.05) is 0 Å². The van der Waals surface area contributed by atoms with Gasteiger partial charge in [0.1, 0.15) is 17.7 Å². The number of aliphatic carboxylic acids is 1. The monoisotopic (exact) mass is 366 g/mol. The van der Waals surface area contributed by atoms with Crippen LogP contribution >= 0.6 is 0 Å². The van der Waals surface area contributed by atoms with E-state index in [0.717, 1.165) is 18.6 Å². The Morgan fingerprint density at radius 3 is 2.77 bits per heavy atom. The topological polar surface area (TPSA) is 92.4 Å². The van der Waals surface area contributed by atoms with Crippen LogP contribution in [0.4, 0.5) is 8.78 Å². The maximum Gasteiger partial charge on any atom is 0.326 e. The summed E-state index contributed by atoms with van der Waals surface area (Å²) in [5.41, 5.74) is 0.0695.